The van der Waals surface area contributed by atoms with Crippen molar-refractivity contribution in [3.63, 3.8) is 0 Å². The van der Waals surface area contributed by atoms with Crippen LogP contribution in [0.1, 0.15) is 18.6 Å². The number of rotatable bonds is 4. The van der Waals surface area contributed by atoms with Gasteiger partial charge in [-0.25, -0.2) is 9.37 Å². The molecular formula is C19H16ClFN2O. The quantitative estimate of drug-likeness (QED) is 0.703. The van der Waals surface area contributed by atoms with E-state index in [-0.39, 0.29) is 11.6 Å². The third kappa shape index (κ3) is 3.49. The molecule has 0 aliphatic carbocycles. The minimum absolute atomic E-state index is 0.272. The van der Waals surface area contributed by atoms with Crippen LogP contribution >= 0.6 is 11.6 Å². The molecule has 0 aliphatic heterocycles. The number of hydrogen-bond donors (Lipinski definition) is 1. The second-order valence-electron chi connectivity index (χ2n) is 5.40. The zero-order chi connectivity index (χ0) is 17.1. The van der Waals surface area contributed by atoms with Crippen molar-refractivity contribution in [2.24, 2.45) is 0 Å². The van der Waals surface area contributed by atoms with Crippen molar-refractivity contribution in [1.82, 2.24) is 4.98 Å². The lowest BCUT2D eigenvalue weighted by Gasteiger charge is -2.18. The van der Waals surface area contributed by atoms with Crippen LogP contribution in [0.5, 0.6) is 5.75 Å². The molecule has 1 aromatic heterocycles. The molecular weight excluding hydrogens is 327 g/mol. The standard InChI is InChI=1S/C19H16ClFN2O/c1-12(16-10-15(21)7-8-17(16)20)24-18-9-14(11-23-19(18)22)13-5-3-2-4-6-13/h2-12H,1H3,(H2,22,23). The van der Waals surface area contributed by atoms with Crippen LogP contribution in [0.2, 0.25) is 5.02 Å². The van der Waals surface area contributed by atoms with Gasteiger partial charge in [-0.15, -0.1) is 0 Å². The summed E-state index contributed by atoms with van der Waals surface area (Å²) in [5.74, 6) is 0.340. The first-order chi connectivity index (χ1) is 11.5. The zero-order valence-electron chi connectivity index (χ0n) is 13.0. The van der Waals surface area contributed by atoms with Crippen LogP contribution in [0.25, 0.3) is 11.1 Å². The maximum atomic E-state index is 13.5. The molecule has 2 aromatic carbocycles. The normalized spacial score (nSPS) is 12.0. The van der Waals surface area contributed by atoms with Crippen LogP contribution in [0.3, 0.4) is 0 Å². The molecule has 0 fully saturated rings. The fourth-order valence-corrected chi connectivity index (χ4v) is 2.69. The van der Waals surface area contributed by atoms with Crippen LogP contribution in [0, 0.1) is 5.82 Å². The Balaban J connectivity index is 1.91. The third-order valence-electron chi connectivity index (χ3n) is 3.69. The average molecular weight is 343 g/mol. The minimum Gasteiger partial charge on any atom is -0.482 e. The van der Waals surface area contributed by atoms with E-state index in [4.69, 9.17) is 22.1 Å². The summed E-state index contributed by atoms with van der Waals surface area (Å²) in [5.41, 5.74) is 8.37. The van der Waals surface area contributed by atoms with Crippen LogP contribution < -0.4 is 10.5 Å². The van der Waals surface area contributed by atoms with E-state index in [9.17, 15) is 4.39 Å². The number of anilines is 1. The van der Waals surface area contributed by atoms with Crippen molar-refractivity contribution in [3.8, 4) is 16.9 Å². The second-order valence-corrected chi connectivity index (χ2v) is 5.81. The van der Waals surface area contributed by atoms with Crippen LogP contribution in [0.15, 0.2) is 60.8 Å². The van der Waals surface area contributed by atoms with E-state index in [2.05, 4.69) is 4.98 Å². The Morgan fingerprint density at radius 2 is 1.83 bits per heavy atom. The van der Waals surface area contributed by atoms with Gasteiger partial charge in [0.15, 0.2) is 11.6 Å². The summed E-state index contributed by atoms with van der Waals surface area (Å²) in [4.78, 5) is 4.19. The Kier molecular flexibility index (Phi) is 4.67. The maximum absolute atomic E-state index is 13.5. The second kappa shape index (κ2) is 6.89. The molecule has 0 saturated heterocycles. The Morgan fingerprint density at radius 3 is 2.58 bits per heavy atom. The fourth-order valence-electron chi connectivity index (χ4n) is 2.42. The van der Waals surface area contributed by atoms with E-state index < -0.39 is 6.10 Å². The molecule has 3 rings (SSSR count). The Bertz CT molecular complexity index is 855. The van der Waals surface area contributed by atoms with Gasteiger partial charge in [-0.2, -0.15) is 0 Å². The highest BCUT2D eigenvalue weighted by Crippen LogP contribution is 2.32. The Hall–Kier alpha value is -2.59. The molecule has 3 aromatic rings. The van der Waals surface area contributed by atoms with Gasteiger partial charge in [0.2, 0.25) is 0 Å². The molecule has 1 heterocycles. The largest absolute Gasteiger partial charge is 0.482 e. The third-order valence-corrected chi connectivity index (χ3v) is 4.03. The fraction of sp³-hybridized carbons (Fsp3) is 0.105. The average Bonchev–Trinajstić information content (AvgIpc) is 2.59. The van der Waals surface area contributed by atoms with Crippen molar-refractivity contribution in [2.75, 3.05) is 5.73 Å². The van der Waals surface area contributed by atoms with Gasteiger partial charge in [0.1, 0.15) is 11.9 Å². The summed E-state index contributed by atoms with van der Waals surface area (Å²) in [6, 6.07) is 15.8. The molecule has 24 heavy (non-hydrogen) atoms. The predicted octanol–water partition coefficient (Wildman–Crippen LogP) is 5.26. The lowest BCUT2D eigenvalue weighted by molar-refractivity contribution is 0.227. The Labute approximate surface area is 144 Å². The van der Waals surface area contributed by atoms with Gasteiger partial charge in [0.25, 0.3) is 0 Å². The molecule has 3 nitrogen and oxygen atoms in total. The number of nitrogens with zero attached hydrogens (tertiary/aromatic N) is 1. The molecule has 1 unspecified atom stereocenters. The SMILES string of the molecule is CC(Oc1cc(-c2ccccc2)cnc1N)c1cc(F)ccc1Cl. The van der Waals surface area contributed by atoms with Gasteiger partial charge >= 0.3 is 0 Å². The van der Waals surface area contributed by atoms with Crippen molar-refractivity contribution in [2.45, 2.75) is 13.0 Å². The summed E-state index contributed by atoms with van der Waals surface area (Å²) >= 11 is 6.13. The van der Waals surface area contributed by atoms with Gasteiger partial charge in [-0.05, 0) is 36.8 Å². The topological polar surface area (TPSA) is 48.1 Å². The van der Waals surface area contributed by atoms with Crippen molar-refractivity contribution < 1.29 is 9.13 Å². The monoisotopic (exact) mass is 342 g/mol. The number of nitrogens with two attached hydrogens (primary N) is 1. The maximum Gasteiger partial charge on any atom is 0.166 e. The molecule has 0 aliphatic rings. The zero-order valence-corrected chi connectivity index (χ0v) is 13.8. The summed E-state index contributed by atoms with van der Waals surface area (Å²) in [6.07, 6.45) is 1.22. The van der Waals surface area contributed by atoms with Crippen LogP contribution in [-0.2, 0) is 0 Å². The van der Waals surface area contributed by atoms with E-state index in [0.717, 1.165) is 11.1 Å². The smallest absolute Gasteiger partial charge is 0.166 e. The van der Waals surface area contributed by atoms with Gasteiger partial charge in [-0.3, -0.25) is 0 Å². The number of halogens is 2. The summed E-state index contributed by atoms with van der Waals surface area (Å²) in [5, 5.41) is 0.439. The first-order valence-corrected chi connectivity index (χ1v) is 7.85. The Morgan fingerprint density at radius 1 is 1.08 bits per heavy atom. The van der Waals surface area contributed by atoms with Gasteiger partial charge in [-0.1, -0.05) is 41.9 Å². The van der Waals surface area contributed by atoms with Gasteiger partial charge in [0.05, 0.1) is 0 Å². The van der Waals surface area contributed by atoms with Crippen LogP contribution in [0.4, 0.5) is 10.2 Å². The highest BCUT2D eigenvalue weighted by molar-refractivity contribution is 6.31. The lowest BCUT2D eigenvalue weighted by atomic mass is 10.1. The number of ether oxygens (including phenoxy) is 1. The molecule has 122 valence electrons. The van der Waals surface area contributed by atoms with E-state index >= 15 is 0 Å². The van der Waals surface area contributed by atoms with Crippen molar-refractivity contribution in [3.05, 3.63) is 77.2 Å². The van der Waals surface area contributed by atoms with E-state index in [1.807, 2.05) is 36.4 Å². The van der Waals surface area contributed by atoms with Crippen molar-refractivity contribution in [1.29, 1.82) is 0 Å². The highest BCUT2D eigenvalue weighted by Gasteiger charge is 2.15. The minimum atomic E-state index is -0.469. The summed E-state index contributed by atoms with van der Waals surface area (Å²) in [6.45, 7) is 1.79. The first-order valence-electron chi connectivity index (χ1n) is 7.47. The number of benzene rings is 2. The molecule has 5 heteroatoms. The number of pyridine rings is 1. The molecule has 0 radical (unpaired) electrons. The summed E-state index contributed by atoms with van der Waals surface area (Å²) < 4.78 is 19.4. The van der Waals surface area contributed by atoms with Gasteiger partial charge < -0.3 is 10.5 Å². The highest BCUT2D eigenvalue weighted by atomic mass is 35.5. The molecule has 0 bridgehead atoms. The van der Waals surface area contributed by atoms with E-state index in [0.29, 0.717) is 16.3 Å². The number of nitrogen functional groups attached to an aromatic ring is 1. The van der Waals surface area contributed by atoms with E-state index in [1.54, 1.807) is 13.1 Å². The number of aromatic nitrogens is 1. The lowest BCUT2D eigenvalue weighted by Crippen LogP contribution is -2.07. The molecule has 0 spiro atoms. The predicted molar refractivity (Wildman–Crippen MR) is 94.5 cm³/mol. The van der Waals surface area contributed by atoms with Gasteiger partial charge in [0, 0.05) is 22.3 Å². The van der Waals surface area contributed by atoms with E-state index in [1.165, 1.54) is 18.2 Å². The molecule has 0 saturated carbocycles. The van der Waals surface area contributed by atoms with Crippen LogP contribution in [-0.4, -0.2) is 4.98 Å². The molecule has 1 atom stereocenters. The first kappa shape index (κ1) is 16.3. The number of hydrogen-bond acceptors (Lipinski definition) is 3. The molecule has 2 N–H and O–H groups in total. The summed E-state index contributed by atoms with van der Waals surface area (Å²) in [7, 11) is 0. The molecule has 0 amide bonds. The van der Waals surface area contributed by atoms with Crippen molar-refractivity contribution >= 4 is 17.4 Å².